The molecule has 1 aromatic heterocycles. The van der Waals surface area contributed by atoms with Crippen LogP contribution in [-0.4, -0.2) is 12.7 Å². The topological polar surface area (TPSA) is 44.5 Å². The summed E-state index contributed by atoms with van der Waals surface area (Å²) in [5.74, 6) is 1.84. The quantitative estimate of drug-likeness (QED) is 0.940. The fourth-order valence-electron chi connectivity index (χ4n) is 2.68. The normalized spacial score (nSPS) is 17.4. The van der Waals surface area contributed by atoms with Gasteiger partial charge in [0.05, 0.1) is 18.0 Å². The van der Waals surface area contributed by atoms with Gasteiger partial charge in [-0.2, -0.15) is 0 Å². The van der Waals surface area contributed by atoms with E-state index in [1.165, 1.54) is 5.56 Å². The summed E-state index contributed by atoms with van der Waals surface area (Å²) in [6, 6.07) is 8.04. The minimum Gasteiger partial charge on any atom is -0.496 e. The molecular formula is C16H19NO2S. The van der Waals surface area contributed by atoms with Crippen LogP contribution < -0.4 is 15.2 Å². The summed E-state index contributed by atoms with van der Waals surface area (Å²) in [6.45, 7) is 4.21. The standard InChI is InChI=1S/C16H19NO2S/c1-16(2)9-11-8-10(4-5-12(11)19-16)14(17)15-13(18-3)6-7-20-15/h4-8,14H,9,17H2,1-3H3. The van der Waals surface area contributed by atoms with Crippen LogP contribution in [0, 0.1) is 0 Å². The lowest BCUT2D eigenvalue weighted by Crippen LogP contribution is -2.24. The van der Waals surface area contributed by atoms with Crippen LogP contribution in [-0.2, 0) is 6.42 Å². The Morgan fingerprint density at radius 3 is 2.90 bits per heavy atom. The number of nitrogens with two attached hydrogens (primary N) is 1. The number of thiophene rings is 1. The van der Waals surface area contributed by atoms with Gasteiger partial charge in [-0.05, 0) is 42.5 Å². The molecule has 3 nitrogen and oxygen atoms in total. The lowest BCUT2D eigenvalue weighted by Gasteiger charge is -2.16. The number of methoxy groups -OCH3 is 1. The minimum atomic E-state index is -0.154. The van der Waals surface area contributed by atoms with E-state index >= 15 is 0 Å². The Morgan fingerprint density at radius 2 is 2.15 bits per heavy atom. The van der Waals surface area contributed by atoms with Crippen molar-refractivity contribution < 1.29 is 9.47 Å². The largest absolute Gasteiger partial charge is 0.496 e. The number of benzene rings is 1. The summed E-state index contributed by atoms with van der Waals surface area (Å²) < 4.78 is 11.3. The van der Waals surface area contributed by atoms with Gasteiger partial charge in [0.15, 0.2) is 0 Å². The van der Waals surface area contributed by atoms with Crippen LogP contribution in [0.1, 0.15) is 35.9 Å². The molecule has 2 heterocycles. The molecule has 4 heteroatoms. The molecule has 3 rings (SSSR count). The third-order valence-corrected chi connectivity index (χ3v) is 4.59. The minimum absolute atomic E-state index is 0.119. The Balaban J connectivity index is 1.93. The molecule has 0 aliphatic carbocycles. The first-order valence-corrected chi connectivity index (χ1v) is 7.57. The smallest absolute Gasteiger partial charge is 0.134 e. The first kappa shape index (κ1) is 13.5. The van der Waals surface area contributed by atoms with E-state index in [1.807, 2.05) is 23.6 Å². The fourth-order valence-corrected chi connectivity index (χ4v) is 3.57. The molecule has 0 saturated carbocycles. The Morgan fingerprint density at radius 1 is 1.35 bits per heavy atom. The van der Waals surface area contributed by atoms with Gasteiger partial charge >= 0.3 is 0 Å². The summed E-state index contributed by atoms with van der Waals surface area (Å²) in [5.41, 5.74) is 8.61. The van der Waals surface area contributed by atoms with E-state index in [0.717, 1.165) is 28.4 Å². The zero-order valence-corrected chi connectivity index (χ0v) is 12.8. The molecular weight excluding hydrogens is 270 g/mol. The van der Waals surface area contributed by atoms with Gasteiger partial charge in [0.25, 0.3) is 0 Å². The molecule has 0 radical (unpaired) electrons. The lowest BCUT2D eigenvalue weighted by molar-refractivity contribution is 0.138. The van der Waals surface area contributed by atoms with Crippen LogP contribution in [0.3, 0.4) is 0 Å². The maximum Gasteiger partial charge on any atom is 0.134 e. The molecule has 1 aliphatic rings. The number of fused-ring (bicyclic) bond motifs is 1. The van der Waals surface area contributed by atoms with Gasteiger partial charge in [-0.1, -0.05) is 12.1 Å². The van der Waals surface area contributed by atoms with Crippen molar-refractivity contribution in [3.8, 4) is 11.5 Å². The Kier molecular flexibility index (Phi) is 3.22. The van der Waals surface area contributed by atoms with Crippen LogP contribution in [0.2, 0.25) is 0 Å². The zero-order valence-electron chi connectivity index (χ0n) is 12.0. The highest BCUT2D eigenvalue weighted by Gasteiger charge is 2.30. The summed E-state index contributed by atoms with van der Waals surface area (Å²) in [5, 5.41) is 2.01. The predicted molar refractivity (Wildman–Crippen MR) is 81.8 cm³/mol. The number of hydrogen-bond acceptors (Lipinski definition) is 4. The van der Waals surface area contributed by atoms with Gasteiger partial charge in [0.2, 0.25) is 0 Å². The molecule has 2 aromatic rings. The molecule has 1 atom stereocenters. The zero-order chi connectivity index (χ0) is 14.3. The summed E-state index contributed by atoms with van der Waals surface area (Å²) in [4.78, 5) is 1.06. The van der Waals surface area contributed by atoms with E-state index < -0.39 is 0 Å². The molecule has 1 aromatic carbocycles. The average molecular weight is 289 g/mol. The van der Waals surface area contributed by atoms with Gasteiger partial charge in [-0.25, -0.2) is 0 Å². The first-order chi connectivity index (χ1) is 9.50. The molecule has 0 spiro atoms. The van der Waals surface area contributed by atoms with Crippen molar-refractivity contribution in [1.82, 2.24) is 0 Å². The van der Waals surface area contributed by atoms with Crippen LogP contribution in [0.15, 0.2) is 29.6 Å². The van der Waals surface area contributed by atoms with Crippen molar-refractivity contribution in [3.05, 3.63) is 45.6 Å². The monoisotopic (exact) mass is 289 g/mol. The van der Waals surface area contributed by atoms with Gasteiger partial charge in [0, 0.05) is 6.42 Å². The molecule has 0 fully saturated rings. The predicted octanol–water partition coefficient (Wildman–Crippen LogP) is 3.52. The third kappa shape index (κ3) is 2.30. The molecule has 1 aliphatic heterocycles. The molecule has 20 heavy (non-hydrogen) atoms. The summed E-state index contributed by atoms with van der Waals surface area (Å²) in [6.07, 6.45) is 0.921. The highest BCUT2D eigenvalue weighted by atomic mass is 32.1. The molecule has 1 unspecified atom stereocenters. The lowest BCUT2D eigenvalue weighted by atomic mass is 9.97. The van der Waals surface area contributed by atoms with Crippen LogP contribution >= 0.6 is 11.3 Å². The summed E-state index contributed by atoms with van der Waals surface area (Å²) >= 11 is 1.63. The van der Waals surface area contributed by atoms with E-state index in [0.29, 0.717) is 0 Å². The SMILES string of the molecule is COc1ccsc1C(N)c1ccc2c(c1)CC(C)(C)O2. The Labute approximate surface area is 123 Å². The Bertz CT molecular complexity index is 633. The highest BCUT2D eigenvalue weighted by Crippen LogP contribution is 2.38. The van der Waals surface area contributed by atoms with Gasteiger partial charge in [-0.3, -0.25) is 0 Å². The molecule has 0 amide bonds. The van der Waals surface area contributed by atoms with E-state index in [1.54, 1.807) is 18.4 Å². The van der Waals surface area contributed by atoms with E-state index in [-0.39, 0.29) is 11.6 Å². The average Bonchev–Trinajstić information content (AvgIpc) is 2.98. The number of ether oxygens (including phenoxy) is 2. The van der Waals surface area contributed by atoms with E-state index in [2.05, 4.69) is 19.9 Å². The molecule has 2 N–H and O–H groups in total. The highest BCUT2D eigenvalue weighted by molar-refractivity contribution is 7.10. The second-order valence-electron chi connectivity index (χ2n) is 5.74. The van der Waals surface area contributed by atoms with Crippen molar-refractivity contribution in [2.45, 2.75) is 31.9 Å². The van der Waals surface area contributed by atoms with Crippen LogP contribution in [0.25, 0.3) is 0 Å². The molecule has 106 valence electrons. The maximum absolute atomic E-state index is 6.39. The van der Waals surface area contributed by atoms with Crippen LogP contribution in [0.4, 0.5) is 0 Å². The van der Waals surface area contributed by atoms with Crippen LogP contribution in [0.5, 0.6) is 11.5 Å². The van der Waals surface area contributed by atoms with Crippen molar-refractivity contribution in [2.75, 3.05) is 7.11 Å². The van der Waals surface area contributed by atoms with E-state index in [9.17, 15) is 0 Å². The summed E-state index contributed by atoms with van der Waals surface area (Å²) in [7, 11) is 1.68. The maximum atomic E-state index is 6.39. The second kappa shape index (κ2) is 4.79. The van der Waals surface area contributed by atoms with Crippen molar-refractivity contribution in [1.29, 1.82) is 0 Å². The van der Waals surface area contributed by atoms with Gasteiger partial charge in [-0.15, -0.1) is 11.3 Å². The van der Waals surface area contributed by atoms with Gasteiger partial charge in [0.1, 0.15) is 17.1 Å². The fraction of sp³-hybridized carbons (Fsp3) is 0.375. The molecule has 0 saturated heterocycles. The van der Waals surface area contributed by atoms with Crippen molar-refractivity contribution in [3.63, 3.8) is 0 Å². The number of rotatable bonds is 3. The van der Waals surface area contributed by atoms with Crippen molar-refractivity contribution in [2.24, 2.45) is 5.73 Å². The van der Waals surface area contributed by atoms with Gasteiger partial charge < -0.3 is 15.2 Å². The first-order valence-electron chi connectivity index (χ1n) is 6.69. The van der Waals surface area contributed by atoms with Crippen molar-refractivity contribution >= 4 is 11.3 Å². The number of hydrogen-bond donors (Lipinski definition) is 1. The third-order valence-electron chi connectivity index (χ3n) is 3.61. The van der Waals surface area contributed by atoms with E-state index in [4.69, 9.17) is 15.2 Å². The molecule has 0 bridgehead atoms. The Hall–Kier alpha value is -1.52. The second-order valence-corrected chi connectivity index (χ2v) is 6.68.